The third kappa shape index (κ3) is 6.50. The third-order valence-electron chi connectivity index (χ3n) is 2.02. The number of amides is 1. The maximum absolute atomic E-state index is 11.4. The molecule has 3 nitrogen and oxygen atoms in total. The number of halogens is 2. The lowest BCUT2D eigenvalue weighted by Crippen LogP contribution is -2.32. The molecule has 0 saturated heterocycles. The van der Waals surface area contributed by atoms with Crippen LogP contribution in [0.3, 0.4) is 0 Å². The number of hydrogen-bond donors (Lipinski definition) is 1. The van der Waals surface area contributed by atoms with Gasteiger partial charge in [-0.1, -0.05) is 41.4 Å². The first kappa shape index (κ1) is 15.9. The summed E-state index contributed by atoms with van der Waals surface area (Å²) in [5.41, 5.74) is 0.428. The highest BCUT2D eigenvalue weighted by atomic mass is 35.5. The number of rotatable bonds is 3. The van der Waals surface area contributed by atoms with Crippen LogP contribution in [-0.2, 0) is 4.74 Å². The summed E-state index contributed by atoms with van der Waals surface area (Å²) in [5.74, 6) is 0. The number of benzene rings is 1. The SMILES string of the molecule is CC(C)(C)OC(=O)NCC=Cc1ccc(Cl)c(Cl)c1. The zero-order valence-corrected chi connectivity index (χ0v) is 12.7. The smallest absolute Gasteiger partial charge is 0.407 e. The molecule has 0 aromatic heterocycles. The normalized spacial score (nSPS) is 11.6. The van der Waals surface area contributed by atoms with Gasteiger partial charge in [-0.25, -0.2) is 4.79 Å². The topological polar surface area (TPSA) is 38.3 Å². The molecular weight excluding hydrogens is 285 g/mol. The Kier molecular flexibility index (Phi) is 5.70. The van der Waals surface area contributed by atoms with Crippen molar-refractivity contribution in [2.24, 2.45) is 0 Å². The Hall–Kier alpha value is -1.19. The average Bonchev–Trinajstić information content (AvgIpc) is 2.27. The fourth-order valence-electron chi connectivity index (χ4n) is 1.27. The van der Waals surface area contributed by atoms with E-state index in [-0.39, 0.29) is 0 Å². The van der Waals surface area contributed by atoms with Gasteiger partial charge in [-0.3, -0.25) is 0 Å². The predicted molar refractivity (Wildman–Crippen MR) is 79.7 cm³/mol. The third-order valence-corrected chi connectivity index (χ3v) is 2.76. The molecule has 0 atom stereocenters. The second-order valence-corrected chi connectivity index (χ2v) is 5.77. The van der Waals surface area contributed by atoms with Crippen molar-refractivity contribution in [2.75, 3.05) is 6.54 Å². The van der Waals surface area contributed by atoms with Gasteiger partial charge >= 0.3 is 6.09 Å². The van der Waals surface area contributed by atoms with Crippen molar-refractivity contribution in [1.82, 2.24) is 5.32 Å². The molecule has 0 spiro atoms. The molecule has 1 rings (SSSR count). The van der Waals surface area contributed by atoms with Gasteiger partial charge < -0.3 is 10.1 Å². The highest BCUT2D eigenvalue weighted by Gasteiger charge is 2.14. The van der Waals surface area contributed by atoms with Crippen LogP contribution < -0.4 is 5.32 Å². The van der Waals surface area contributed by atoms with E-state index in [1.807, 2.05) is 39.0 Å². The van der Waals surface area contributed by atoms with Crippen molar-refractivity contribution in [1.29, 1.82) is 0 Å². The van der Waals surface area contributed by atoms with Crippen molar-refractivity contribution >= 4 is 35.4 Å². The van der Waals surface area contributed by atoms with Crippen molar-refractivity contribution in [3.63, 3.8) is 0 Å². The van der Waals surface area contributed by atoms with Gasteiger partial charge in [0.25, 0.3) is 0 Å². The van der Waals surface area contributed by atoms with Gasteiger partial charge in [-0.05, 0) is 38.5 Å². The van der Waals surface area contributed by atoms with Crippen LogP contribution >= 0.6 is 23.2 Å². The van der Waals surface area contributed by atoms with Gasteiger partial charge in [0.15, 0.2) is 0 Å². The van der Waals surface area contributed by atoms with Crippen LogP contribution in [0.4, 0.5) is 4.79 Å². The van der Waals surface area contributed by atoms with Gasteiger partial charge in [-0.2, -0.15) is 0 Å². The number of carbonyl (C=O) groups excluding carboxylic acids is 1. The Labute approximate surface area is 123 Å². The lowest BCUT2D eigenvalue weighted by atomic mass is 10.2. The molecule has 0 radical (unpaired) electrons. The first-order chi connectivity index (χ1) is 8.78. The number of nitrogens with one attached hydrogen (secondary N) is 1. The minimum absolute atomic E-state index is 0.384. The highest BCUT2D eigenvalue weighted by Crippen LogP contribution is 2.22. The quantitative estimate of drug-likeness (QED) is 0.890. The van der Waals surface area contributed by atoms with E-state index in [0.29, 0.717) is 16.6 Å². The molecule has 0 aliphatic heterocycles. The van der Waals surface area contributed by atoms with E-state index < -0.39 is 11.7 Å². The minimum Gasteiger partial charge on any atom is -0.444 e. The first-order valence-corrected chi connectivity index (χ1v) is 6.62. The van der Waals surface area contributed by atoms with E-state index in [4.69, 9.17) is 27.9 Å². The Bertz CT molecular complexity index is 479. The minimum atomic E-state index is -0.489. The molecule has 1 aromatic rings. The molecule has 5 heteroatoms. The maximum Gasteiger partial charge on any atom is 0.407 e. The Morgan fingerprint density at radius 1 is 1.32 bits per heavy atom. The van der Waals surface area contributed by atoms with Crippen LogP contribution in [0, 0.1) is 0 Å². The summed E-state index contributed by atoms with van der Waals surface area (Å²) in [6.45, 7) is 5.84. The summed E-state index contributed by atoms with van der Waals surface area (Å²) in [6.07, 6.45) is 3.22. The molecule has 1 aromatic carbocycles. The fourth-order valence-corrected chi connectivity index (χ4v) is 1.57. The monoisotopic (exact) mass is 301 g/mol. The van der Waals surface area contributed by atoms with Gasteiger partial charge in [0.2, 0.25) is 0 Å². The number of carbonyl (C=O) groups is 1. The number of hydrogen-bond acceptors (Lipinski definition) is 2. The highest BCUT2D eigenvalue weighted by molar-refractivity contribution is 6.42. The summed E-state index contributed by atoms with van der Waals surface area (Å²) >= 11 is 11.7. The van der Waals surface area contributed by atoms with Crippen LogP contribution in [0.25, 0.3) is 6.08 Å². The molecule has 0 aliphatic carbocycles. The molecule has 0 saturated carbocycles. The fraction of sp³-hybridized carbons (Fsp3) is 0.357. The van der Waals surface area contributed by atoms with Crippen molar-refractivity contribution in [3.8, 4) is 0 Å². The van der Waals surface area contributed by atoms with Crippen molar-refractivity contribution in [2.45, 2.75) is 26.4 Å². The Morgan fingerprint density at radius 3 is 2.58 bits per heavy atom. The Morgan fingerprint density at radius 2 is 2.00 bits per heavy atom. The van der Waals surface area contributed by atoms with Gasteiger partial charge in [0, 0.05) is 6.54 Å². The van der Waals surface area contributed by atoms with Crippen LogP contribution in [0.1, 0.15) is 26.3 Å². The van der Waals surface area contributed by atoms with Gasteiger partial charge in [0.05, 0.1) is 10.0 Å². The zero-order valence-electron chi connectivity index (χ0n) is 11.2. The molecule has 0 heterocycles. The summed E-state index contributed by atoms with van der Waals surface area (Å²) in [7, 11) is 0. The first-order valence-electron chi connectivity index (χ1n) is 5.86. The van der Waals surface area contributed by atoms with E-state index in [1.54, 1.807) is 12.1 Å². The van der Waals surface area contributed by atoms with E-state index in [0.717, 1.165) is 5.56 Å². The van der Waals surface area contributed by atoms with Gasteiger partial charge in [0.1, 0.15) is 5.60 Å². The van der Waals surface area contributed by atoms with Crippen LogP contribution in [0.15, 0.2) is 24.3 Å². The van der Waals surface area contributed by atoms with E-state index in [2.05, 4.69) is 5.32 Å². The molecule has 19 heavy (non-hydrogen) atoms. The molecular formula is C14H17Cl2NO2. The van der Waals surface area contributed by atoms with E-state index >= 15 is 0 Å². The summed E-state index contributed by atoms with van der Waals surface area (Å²) in [4.78, 5) is 11.4. The van der Waals surface area contributed by atoms with Crippen molar-refractivity contribution in [3.05, 3.63) is 39.9 Å². The molecule has 1 N–H and O–H groups in total. The Balaban J connectivity index is 2.42. The van der Waals surface area contributed by atoms with Crippen LogP contribution in [0.2, 0.25) is 10.0 Å². The predicted octanol–water partition coefficient (Wildman–Crippen LogP) is 4.53. The molecule has 0 bridgehead atoms. The van der Waals surface area contributed by atoms with Crippen LogP contribution in [0.5, 0.6) is 0 Å². The molecule has 1 amide bonds. The summed E-state index contributed by atoms with van der Waals surface area (Å²) in [6, 6.07) is 5.33. The maximum atomic E-state index is 11.4. The molecule has 0 fully saturated rings. The van der Waals surface area contributed by atoms with Crippen molar-refractivity contribution < 1.29 is 9.53 Å². The van der Waals surface area contributed by atoms with E-state index in [9.17, 15) is 4.79 Å². The number of ether oxygens (including phenoxy) is 1. The summed E-state index contributed by atoms with van der Waals surface area (Å²) in [5, 5.41) is 3.65. The lowest BCUT2D eigenvalue weighted by Gasteiger charge is -2.19. The molecule has 0 aliphatic rings. The number of alkyl carbamates (subject to hydrolysis) is 1. The average molecular weight is 302 g/mol. The zero-order chi connectivity index (χ0) is 14.5. The van der Waals surface area contributed by atoms with Gasteiger partial charge in [-0.15, -0.1) is 0 Å². The largest absolute Gasteiger partial charge is 0.444 e. The summed E-state index contributed by atoms with van der Waals surface area (Å²) < 4.78 is 5.10. The second kappa shape index (κ2) is 6.83. The standard InChI is InChI=1S/C14H17Cl2NO2/c1-14(2,3)19-13(18)17-8-4-5-10-6-7-11(15)12(16)9-10/h4-7,9H,8H2,1-3H3,(H,17,18). The van der Waals surface area contributed by atoms with Crippen LogP contribution in [-0.4, -0.2) is 18.2 Å². The molecule has 0 unspecified atom stereocenters. The second-order valence-electron chi connectivity index (χ2n) is 4.96. The van der Waals surface area contributed by atoms with E-state index in [1.165, 1.54) is 0 Å². The lowest BCUT2D eigenvalue weighted by molar-refractivity contribution is 0.0534. The molecule has 104 valence electrons.